The molecule has 96 valence electrons. The molecule has 0 spiro atoms. The van der Waals surface area contributed by atoms with Crippen LogP contribution < -0.4 is 11.3 Å². The summed E-state index contributed by atoms with van der Waals surface area (Å²) in [5, 5.41) is 0. The Bertz CT molecular complexity index is 162. The maximum atomic E-state index is 5.62. The molecule has 1 atom stereocenters. The summed E-state index contributed by atoms with van der Waals surface area (Å²) < 4.78 is 0. The molecule has 0 aromatic rings. The van der Waals surface area contributed by atoms with Crippen LogP contribution >= 0.6 is 0 Å². The van der Waals surface area contributed by atoms with E-state index in [2.05, 4.69) is 19.3 Å². The number of nitrogens with two attached hydrogens (primary N) is 1. The topological polar surface area (TPSA) is 38.0 Å². The lowest BCUT2D eigenvalue weighted by atomic mass is 9.95. The van der Waals surface area contributed by atoms with Gasteiger partial charge in [0.1, 0.15) is 0 Å². The molecular formula is C14H30N2. The van der Waals surface area contributed by atoms with Gasteiger partial charge >= 0.3 is 0 Å². The van der Waals surface area contributed by atoms with Gasteiger partial charge in [-0.15, -0.1) is 0 Å². The first kappa shape index (κ1) is 14.0. The average Bonchev–Trinajstić information content (AvgIpc) is 2.75. The monoisotopic (exact) mass is 226 g/mol. The molecule has 1 rings (SSSR count). The van der Waals surface area contributed by atoms with E-state index >= 15 is 0 Å². The fourth-order valence-electron chi connectivity index (χ4n) is 2.82. The normalized spacial score (nSPS) is 19.5. The van der Waals surface area contributed by atoms with Crippen LogP contribution in [-0.4, -0.2) is 6.04 Å². The number of nitrogens with one attached hydrogen (secondary N) is 1. The first-order valence-corrected chi connectivity index (χ1v) is 7.18. The first-order chi connectivity index (χ1) is 7.72. The van der Waals surface area contributed by atoms with Crippen molar-refractivity contribution in [1.29, 1.82) is 0 Å². The van der Waals surface area contributed by atoms with Crippen LogP contribution in [0.1, 0.15) is 71.6 Å². The van der Waals surface area contributed by atoms with Gasteiger partial charge in [0.2, 0.25) is 0 Å². The number of rotatable bonds is 8. The van der Waals surface area contributed by atoms with Crippen molar-refractivity contribution in [1.82, 2.24) is 5.43 Å². The number of hydrogen-bond acceptors (Lipinski definition) is 2. The van der Waals surface area contributed by atoms with Crippen molar-refractivity contribution < 1.29 is 0 Å². The first-order valence-electron chi connectivity index (χ1n) is 7.18. The maximum Gasteiger partial charge on any atom is 0.0210 e. The highest BCUT2D eigenvalue weighted by atomic mass is 15.2. The molecule has 1 aliphatic carbocycles. The predicted octanol–water partition coefficient (Wildman–Crippen LogP) is 3.62. The Morgan fingerprint density at radius 1 is 1.12 bits per heavy atom. The van der Waals surface area contributed by atoms with E-state index in [0.717, 1.165) is 11.8 Å². The van der Waals surface area contributed by atoms with Gasteiger partial charge in [0.05, 0.1) is 0 Å². The Kier molecular flexibility index (Phi) is 7.06. The highest BCUT2D eigenvalue weighted by Crippen LogP contribution is 2.29. The van der Waals surface area contributed by atoms with Crippen LogP contribution in [0.5, 0.6) is 0 Å². The van der Waals surface area contributed by atoms with Gasteiger partial charge in [-0.1, -0.05) is 52.4 Å². The van der Waals surface area contributed by atoms with Crippen molar-refractivity contribution in [2.24, 2.45) is 17.7 Å². The zero-order chi connectivity index (χ0) is 11.8. The number of hydrogen-bond donors (Lipinski definition) is 2. The lowest BCUT2D eigenvalue weighted by Crippen LogP contribution is -2.35. The molecule has 0 aliphatic heterocycles. The second kappa shape index (κ2) is 8.08. The van der Waals surface area contributed by atoms with Crippen LogP contribution in [-0.2, 0) is 0 Å². The lowest BCUT2D eigenvalue weighted by Gasteiger charge is -2.18. The molecule has 0 radical (unpaired) electrons. The minimum Gasteiger partial charge on any atom is -0.271 e. The highest BCUT2D eigenvalue weighted by molar-refractivity contribution is 4.71. The van der Waals surface area contributed by atoms with E-state index in [9.17, 15) is 0 Å². The molecule has 0 aromatic carbocycles. The molecule has 0 aromatic heterocycles. The van der Waals surface area contributed by atoms with Crippen molar-refractivity contribution in [3.05, 3.63) is 0 Å². The molecule has 3 N–H and O–H groups in total. The Labute approximate surface area is 101 Å². The smallest absolute Gasteiger partial charge is 0.0210 e. The Morgan fingerprint density at radius 3 is 2.38 bits per heavy atom. The second-order valence-electron chi connectivity index (χ2n) is 5.92. The third-order valence-corrected chi connectivity index (χ3v) is 3.97. The second-order valence-corrected chi connectivity index (χ2v) is 5.92. The summed E-state index contributed by atoms with van der Waals surface area (Å²) in [4.78, 5) is 0. The molecule has 1 fully saturated rings. The van der Waals surface area contributed by atoms with Gasteiger partial charge in [0.25, 0.3) is 0 Å². The summed E-state index contributed by atoms with van der Waals surface area (Å²) in [5.74, 6) is 7.45. The van der Waals surface area contributed by atoms with Crippen LogP contribution in [0.25, 0.3) is 0 Å². The van der Waals surface area contributed by atoms with E-state index in [-0.39, 0.29) is 0 Å². The maximum absolute atomic E-state index is 5.62. The van der Waals surface area contributed by atoms with Crippen LogP contribution in [0.4, 0.5) is 0 Å². The van der Waals surface area contributed by atoms with Gasteiger partial charge in [-0.25, -0.2) is 0 Å². The summed E-state index contributed by atoms with van der Waals surface area (Å²) in [6.45, 7) is 4.59. The van der Waals surface area contributed by atoms with Crippen LogP contribution in [0.3, 0.4) is 0 Å². The van der Waals surface area contributed by atoms with Crippen molar-refractivity contribution >= 4 is 0 Å². The minimum absolute atomic E-state index is 0.555. The van der Waals surface area contributed by atoms with E-state index in [1.165, 1.54) is 57.8 Å². The Hall–Kier alpha value is -0.0800. The van der Waals surface area contributed by atoms with Gasteiger partial charge in [0, 0.05) is 6.04 Å². The summed E-state index contributed by atoms with van der Waals surface area (Å²) in [6, 6.07) is 0.555. The summed E-state index contributed by atoms with van der Waals surface area (Å²) in [7, 11) is 0. The fraction of sp³-hybridized carbons (Fsp3) is 1.00. The fourth-order valence-corrected chi connectivity index (χ4v) is 2.82. The molecule has 1 unspecified atom stereocenters. The third-order valence-electron chi connectivity index (χ3n) is 3.97. The molecule has 16 heavy (non-hydrogen) atoms. The van der Waals surface area contributed by atoms with Crippen LogP contribution in [0.2, 0.25) is 0 Å². The third kappa shape index (κ3) is 5.86. The van der Waals surface area contributed by atoms with E-state index < -0.39 is 0 Å². The van der Waals surface area contributed by atoms with Gasteiger partial charge < -0.3 is 0 Å². The van der Waals surface area contributed by atoms with E-state index in [1.54, 1.807) is 0 Å². The van der Waals surface area contributed by atoms with Crippen molar-refractivity contribution in [2.45, 2.75) is 77.7 Å². The van der Waals surface area contributed by atoms with E-state index in [4.69, 9.17) is 5.84 Å². The SMILES string of the molecule is CC(C)CCCC(CCC1CCCC1)NN. The minimum atomic E-state index is 0.555. The van der Waals surface area contributed by atoms with Crippen LogP contribution in [0.15, 0.2) is 0 Å². The molecule has 0 amide bonds. The average molecular weight is 226 g/mol. The van der Waals surface area contributed by atoms with E-state index in [1.807, 2.05) is 0 Å². The highest BCUT2D eigenvalue weighted by Gasteiger charge is 2.16. The zero-order valence-corrected chi connectivity index (χ0v) is 11.2. The zero-order valence-electron chi connectivity index (χ0n) is 11.2. The Balaban J connectivity index is 2.05. The van der Waals surface area contributed by atoms with Gasteiger partial charge in [-0.05, 0) is 31.1 Å². The molecule has 0 saturated heterocycles. The quantitative estimate of drug-likeness (QED) is 0.490. The number of hydrazine groups is 1. The Morgan fingerprint density at radius 2 is 1.81 bits per heavy atom. The molecular weight excluding hydrogens is 196 g/mol. The lowest BCUT2D eigenvalue weighted by molar-refractivity contribution is 0.377. The van der Waals surface area contributed by atoms with Gasteiger partial charge in [-0.3, -0.25) is 11.3 Å². The molecule has 1 saturated carbocycles. The largest absolute Gasteiger partial charge is 0.271 e. The van der Waals surface area contributed by atoms with Crippen LogP contribution in [0, 0.1) is 11.8 Å². The van der Waals surface area contributed by atoms with Crippen molar-refractivity contribution in [2.75, 3.05) is 0 Å². The summed E-state index contributed by atoms with van der Waals surface area (Å²) >= 11 is 0. The standard InChI is InChI=1S/C14H30N2/c1-12(2)6-5-9-14(16-15)11-10-13-7-3-4-8-13/h12-14,16H,3-11,15H2,1-2H3. The summed E-state index contributed by atoms with van der Waals surface area (Å²) in [5.41, 5.74) is 3.00. The molecule has 2 heteroatoms. The molecule has 0 heterocycles. The van der Waals surface area contributed by atoms with Crippen molar-refractivity contribution in [3.63, 3.8) is 0 Å². The van der Waals surface area contributed by atoms with E-state index in [0.29, 0.717) is 6.04 Å². The molecule has 1 aliphatic rings. The summed E-state index contributed by atoms with van der Waals surface area (Å²) in [6.07, 6.45) is 12.4. The molecule has 0 bridgehead atoms. The van der Waals surface area contributed by atoms with Gasteiger partial charge in [-0.2, -0.15) is 0 Å². The van der Waals surface area contributed by atoms with Crippen molar-refractivity contribution in [3.8, 4) is 0 Å². The van der Waals surface area contributed by atoms with Gasteiger partial charge in [0.15, 0.2) is 0 Å². The molecule has 2 nitrogen and oxygen atoms in total. The predicted molar refractivity (Wildman–Crippen MR) is 71.0 cm³/mol.